The number of carbonyl (C=O) groups is 2. The van der Waals surface area contributed by atoms with Gasteiger partial charge in [0.1, 0.15) is 5.82 Å². The lowest BCUT2D eigenvalue weighted by atomic mass is 10.1. The van der Waals surface area contributed by atoms with E-state index in [2.05, 4.69) is 0 Å². The SMILES string of the molecule is Cc1cc2cc(F)c(C(=O)C(=O)O)cc2n1C. The Balaban J connectivity index is 2.74. The van der Waals surface area contributed by atoms with Crippen LogP contribution in [0.1, 0.15) is 16.1 Å². The Kier molecular flexibility index (Phi) is 2.46. The minimum Gasteiger partial charge on any atom is -0.475 e. The van der Waals surface area contributed by atoms with E-state index in [0.29, 0.717) is 10.9 Å². The molecule has 0 atom stereocenters. The van der Waals surface area contributed by atoms with Crippen molar-refractivity contribution in [3.63, 3.8) is 0 Å². The highest BCUT2D eigenvalue weighted by molar-refractivity contribution is 6.40. The topological polar surface area (TPSA) is 59.3 Å². The molecule has 1 N–H and O–H groups in total. The number of fused-ring (bicyclic) bond motifs is 1. The average Bonchev–Trinajstić information content (AvgIpc) is 2.52. The molecule has 2 aromatic rings. The number of carboxylic acid groups (broad SMARTS) is 1. The molecule has 0 fully saturated rings. The normalized spacial score (nSPS) is 10.8. The van der Waals surface area contributed by atoms with Gasteiger partial charge in [0.15, 0.2) is 0 Å². The molecule has 0 saturated heterocycles. The molecule has 4 nitrogen and oxygen atoms in total. The van der Waals surface area contributed by atoms with E-state index in [1.807, 2.05) is 6.92 Å². The molecule has 0 bridgehead atoms. The number of Topliss-reactive ketones (excluding diaryl/α,β-unsaturated/α-hetero) is 1. The smallest absolute Gasteiger partial charge is 0.377 e. The van der Waals surface area contributed by atoms with Gasteiger partial charge < -0.3 is 9.67 Å². The second-order valence-corrected chi connectivity index (χ2v) is 3.87. The molecule has 0 radical (unpaired) electrons. The van der Waals surface area contributed by atoms with Gasteiger partial charge >= 0.3 is 5.97 Å². The number of benzene rings is 1. The zero-order valence-corrected chi connectivity index (χ0v) is 9.32. The fraction of sp³-hybridized carbons (Fsp3) is 0.167. The Morgan fingerprint density at radius 3 is 2.53 bits per heavy atom. The van der Waals surface area contributed by atoms with Gasteiger partial charge in [-0.05, 0) is 25.1 Å². The predicted octanol–water partition coefficient (Wildman–Crippen LogP) is 1.89. The van der Waals surface area contributed by atoms with E-state index in [4.69, 9.17) is 5.11 Å². The highest BCUT2D eigenvalue weighted by atomic mass is 19.1. The maximum atomic E-state index is 13.6. The van der Waals surface area contributed by atoms with Crippen molar-refractivity contribution >= 4 is 22.7 Å². The summed E-state index contributed by atoms with van der Waals surface area (Å²) in [6, 6.07) is 4.22. The third kappa shape index (κ3) is 1.69. The van der Waals surface area contributed by atoms with Crippen LogP contribution in [0.2, 0.25) is 0 Å². The van der Waals surface area contributed by atoms with Crippen LogP contribution in [0.4, 0.5) is 4.39 Å². The predicted molar refractivity (Wildman–Crippen MR) is 59.6 cm³/mol. The Labute approximate surface area is 96.3 Å². The van der Waals surface area contributed by atoms with Gasteiger partial charge in [-0.2, -0.15) is 0 Å². The van der Waals surface area contributed by atoms with E-state index in [1.54, 1.807) is 17.7 Å². The van der Waals surface area contributed by atoms with Crippen molar-refractivity contribution in [3.05, 3.63) is 35.3 Å². The zero-order chi connectivity index (χ0) is 12.7. The molecule has 1 heterocycles. The lowest BCUT2D eigenvalue weighted by Crippen LogP contribution is -2.14. The first-order chi connectivity index (χ1) is 7.91. The fourth-order valence-electron chi connectivity index (χ4n) is 1.78. The van der Waals surface area contributed by atoms with Crippen LogP contribution in [0.15, 0.2) is 18.2 Å². The average molecular weight is 235 g/mol. The molecule has 1 aromatic carbocycles. The number of ketones is 1. The van der Waals surface area contributed by atoms with Crippen LogP contribution in [0, 0.1) is 12.7 Å². The second-order valence-electron chi connectivity index (χ2n) is 3.87. The standard InChI is InChI=1S/C12H10FNO3/c1-6-3-7-4-9(13)8(11(15)12(16)17)5-10(7)14(6)2/h3-5H,1-2H3,(H,16,17). The molecule has 17 heavy (non-hydrogen) atoms. The molecule has 0 amide bonds. The molecule has 0 aliphatic carbocycles. The van der Waals surface area contributed by atoms with E-state index < -0.39 is 23.1 Å². The Morgan fingerprint density at radius 1 is 1.29 bits per heavy atom. The number of aryl methyl sites for hydroxylation is 2. The molecule has 0 spiro atoms. The minimum atomic E-state index is -1.66. The summed E-state index contributed by atoms with van der Waals surface area (Å²) in [7, 11) is 1.77. The fourth-order valence-corrected chi connectivity index (χ4v) is 1.78. The van der Waals surface area contributed by atoms with Crippen LogP contribution in [-0.2, 0) is 11.8 Å². The Bertz CT molecular complexity index is 643. The quantitative estimate of drug-likeness (QED) is 0.638. The van der Waals surface area contributed by atoms with E-state index in [1.165, 1.54) is 12.1 Å². The number of carboxylic acids is 1. The van der Waals surface area contributed by atoms with Crippen molar-refractivity contribution in [1.29, 1.82) is 0 Å². The molecule has 1 aromatic heterocycles. The number of hydrogen-bond acceptors (Lipinski definition) is 2. The minimum absolute atomic E-state index is 0.411. The molecule has 0 unspecified atom stereocenters. The maximum absolute atomic E-state index is 13.6. The second kappa shape index (κ2) is 3.69. The number of nitrogens with zero attached hydrogens (tertiary/aromatic N) is 1. The first-order valence-electron chi connectivity index (χ1n) is 4.95. The number of aliphatic carboxylic acids is 1. The number of hydrogen-bond donors (Lipinski definition) is 1. The molecular weight excluding hydrogens is 225 g/mol. The van der Waals surface area contributed by atoms with Gasteiger partial charge in [-0.3, -0.25) is 4.79 Å². The Morgan fingerprint density at radius 2 is 1.94 bits per heavy atom. The van der Waals surface area contributed by atoms with Gasteiger partial charge in [-0.25, -0.2) is 9.18 Å². The Hall–Kier alpha value is -2.17. The summed E-state index contributed by atoms with van der Waals surface area (Å²) in [6.07, 6.45) is 0. The highest BCUT2D eigenvalue weighted by Gasteiger charge is 2.20. The number of carbonyl (C=O) groups excluding carboxylic acids is 1. The van der Waals surface area contributed by atoms with Crippen molar-refractivity contribution in [2.45, 2.75) is 6.92 Å². The van der Waals surface area contributed by atoms with Crippen molar-refractivity contribution < 1.29 is 19.1 Å². The zero-order valence-electron chi connectivity index (χ0n) is 9.32. The maximum Gasteiger partial charge on any atom is 0.377 e. The van der Waals surface area contributed by atoms with Crippen molar-refractivity contribution in [1.82, 2.24) is 4.57 Å². The molecule has 88 valence electrons. The lowest BCUT2D eigenvalue weighted by molar-refractivity contribution is -0.131. The summed E-state index contributed by atoms with van der Waals surface area (Å²) in [5, 5.41) is 9.23. The van der Waals surface area contributed by atoms with E-state index >= 15 is 0 Å². The van der Waals surface area contributed by atoms with Crippen molar-refractivity contribution in [2.75, 3.05) is 0 Å². The third-order valence-corrected chi connectivity index (χ3v) is 2.81. The monoisotopic (exact) mass is 235 g/mol. The summed E-state index contributed by atoms with van der Waals surface area (Å²) >= 11 is 0. The van der Waals surface area contributed by atoms with Crippen LogP contribution in [0.25, 0.3) is 10.9 Å². The molecule has 2 rings (SSSR count). The largest absolute Gasteiger partial charge is 0.475 e. The van der Waals surface area contributed by atoms with Crippen molar-refractivity contribution in [3.8, 4) is 0 Å². The van der Waals surface area contributed by atoms with Crippen molar-refractivity contribution in [2.24, 2.45) is 7.05 Å². The van der Waals surface area contributed by atoms with E-state index in [0.717, 1.165) is 5.69 Å². The number of aromatic nitrogens is 1. The summed E-state index contributed by atoms with van der Waals surface area (Å²) in [6.45, 7) is 1.84. The molecule has 0 saturated carbocycles. The van der Waals surface area contributed by atoms with Crippen LogP contribution in [0.3, 0.4) is 0 Å². The van der Waals surface area contributed by atoms with Gasteiger partial charge in [0.05, 0.1) is 5.56 Å². The summed E-state index contributed by atoms with van der Waals surface area (Å²) < 4.78 is 15.3. The third-order valence-electron chi connectivity index (χ3n) is 2.81. The van der Waals surface area contributed by atoms with Gasteiger partial charge in [0, 0.05) is 23.6 Å². The number of halogens is 1. The molecule has 5 heteroatoms. The summed E-state index contributed by atoms with van der Waals surface area (Å²) in [4.78, 5) is 21.8. The summed E-state index contributed by atoms with van der Waals surface area (Å²) in [5.74, 6) is -3.70. The number of rotatable bonds is 2. The van der Waals surface area contributed by atoms with E-state index in [9.17, 15) is 14.0 Å². The van der Waals surface area contributed by atoms with Gasteiger partial charge in [-0.1, -0.05) is 0 Å². The van der Waals surface area contributed by atoms with Gasteiger partial charge in [0.25, 0.3) is 5.78 Å². The molecule has 0 aliphatic heterocycles. The van der Waals surface area contributed by atoms with E-state index in [-0.39, 0.29) is 0 Å². The van der Waals surface area contributed by atoms with Crippen LogP contribution in [0.5, 0.6) is 0 Å². The van der Waals surface area contributed by atoms with Gasteiger partial charge in [0.2, 0.25) is 0 Å². The highest BCUT2D eigenvalue weighted by Crippen LogP contribution is 2.22. The summed E-state index contributed by atoms with van der Waals surface area (Å²) in [5.41, 5.74) is 1.12. The molecular formula is C12H10FNO3. The van der Waals surface area contributed by atoms with Crippen LogP contribution in [-0.4, -0.2) is 21.4 Å². The van der Waals surface area contributed by atoms with Crippen LogP contribution < -0.4 is 0 Å². The lowest BCUT2D eigenvalue weighted by Gasteiger charge is -2.02. The first-order valence-corrected chi connectivity index (χ1v) is 4.95. The van der Waals surface area contributed by atoms with Crippen LogP contribution >= 0.6 is 0 Å². The van der Waals surface area contributed by atoms with Gasteiger partial charge in [-0.15, -0.1) is 0 Å². The molecule has 0 aliphatic rings. The first kappa shape index (κ1) is 11.3.